The van der Waals surface area contributed by atoms with E-state index in [1.807, 2.05) is 31.7 Å². The highest BCUT2D eigenvalue weighted by molar-refractivity contribution is 5.81. The van der Waals surface area contributed by atoms with Gasteiger partial charge < -0.3 is 5.32 Å². The van der Waals surface area contributed by atoms with Crippen molar-refractivity contribution in [2.45, 2.75) is 12.5 Å². The van der Waals surface area contributed by atoms with Gasteiger partial charge in [0, 0.05) is 30.0 Å². The van der Waals surface area contributed by atoms with E-state index in [-0.39, 0.29) is 6.04 Å². The average Bonchev–Trinajstić information content (AvgIpc) is 2.53. The molecule has 0 saturated carbocycles. The van der Waals surface area contributed by atoms with Crippen LogP contribution in [0.4, 0.5) is 0 Å². The van der Waals surface area contributed by atoms with Crippen molar-refractivity contribution < 1.29 is 0 Å². The van der Waals surface area contributed by atoms with Crippen molar-refractivity contribution in [2.75, 3.05) is 7.05 Å². The van der Waals surface area contributed by atoms with Crippen LogP contribution in [0.5, 0.6) is 0 Å². The zero-order chi connectivity index (χ0) is 13.8. The number of pyridine rings is 2. The molecule has 0 aliphatic carbocycles. The molecule has 0 fully saturated rings. The lowest BCUT2D eigenvalue weighted by atomic mass is 9.97. The van der Waals surface area contributed by atoms with E-state index >= 15 is 0 Å². The molecule has 3 rings (SSSR count). The Morgan fingerprint density at radius 3 is 2.60 bits per heavy atom. The molecular formula is C17H17N3. The first kappa shape index (κ1) is 12.8. The van der Waals surface area contributed by atoms with E-state index < -0.39 is 0 Å². The molecule has 0 spiro atoms. The third-order valence-corrected chi connectivity index (χ3v) is 3.62. The topological polar surface area (TPSA) is 37.8 Å². The van der Waals surface area contributed by atoms with Gasteiger partial charge in [-0.3, -0.25) is 9.97 Å². The second-order valence-corrected chi connectivity index (χ2v) is 4.81. The molecule has 1 aromatic carbocycles. The van der Waals surface area contributed by atoms with Crippen LogP contribution in [0.25, 0.3) is 10.9 Å². The highest BCUT2D eigenvalue weighted by Crippen LogP contribution is 2.22. The van der Waals surface area contributed by atoms with E-state index in [0.29, 0.717) is 0 Å². The molecule has 2 aromatic heterocycles. The zero-order valence-corrected chi connectivity index (χ0v) is 11.5. The Kier molecular flexibility index (Phi) is 3.70. The van der Waals surface area contributed by atoms with Crippen molar-refractivity contribution in [2.24, 2.45) is 0 Å². The molecule has 0 saturated heterocycles. The minimum atomic E-state index is 0.281. The molecule has 2 heterocycles. The van der Waals surface area contributed by atoms with Crippen molar-refractivity contribution in [3.63, 3.8) is 0 Å². The molecule has 0 amide bonds. The van der Waals surface area contributed by atoms with Crippen molar-refractivity contribution >= 4 is 10.9 Å². The molecule has 3 nitrogen and oxygen atoms in total. The summed E-state index contributed by atoms with van der Waals surface area (Å²) in [4.78, 5) is 8.50. The zero-order valence-electron chi connectivity index (χ0n) is 11.5. The van der Waals surface area contributed by atoms with Crippen LogP contribution >= 0.6 is 0 Å². The maximum absolute atomic E-state index is 4.42. The summed E-state index contributed by atoms with van der Waals surface area (Å²) < 4.78 is 0. The van der Waals surface area contributed by atoms with E-state index in [0.717, 1.165) is 11.9 Å². The molecule has 1 atom stereocenters. The number of likely N-dealkylation sites (N-methyl/N-ethyl adjacent to an activating group) is 1. The first-order valence-corrected chi connectivity index (χ1v) is 6.78. The van der Waals surface area contributed by atoms with Crippen molar-refractivity contribution in [1.29, 1.82) is 0 Å². The van der Waals surface area contributed by atoms with Gasteiger partial charge in [0.25, 0.3) is 0 Å². The smallest absolute Gasteiger partial charge is 0.0704 e. The normalized spacial score (nSPS) is 12.4. The fourth-order valence-electron chi connectivity index (χ4n) is 2.54. The molecule has 1 N–H and O–H groups in total. The molecule has 0 radical (unpaired) electrons. The highest BCUT2D eigenvalue weighted by atomic mass is 14.9. The van der Waals surface area contributed by atoms with Gasteiger partial charge in [-0.1, -0.05) is 18.2 Å². The molecule has 0 aliphatic rings. The van der Waals surface area contributed by atoms with Gasteiger partial charge in [-0.25, -0.2) is 0 Å². The number of rotatable bonds is 4. The minimum absolute atomic E-state index is 0.281. The predicted molar refractivity (Wildman–Crippen MR) is 81.5 cm³/mol. The number of para-hydroxylation sites is 1. The van der Waals surface area contributed by atoms with Crippen LogP contribution in [0.1, 0.15) is 17.2 Å². The SMILES string of the molecule is CNC(Cc1ccnc2ccccc12)c1ccncc1. The molecule has 0 aliphatic heterocycles. The van der Waals surface area contributed by atoms with Crippen LogP contribution in [0, 0.1) is 0 Å². The van der Waals surface area contributed by atoms with Crippen LogP contribution in [0.2, 0.25) is 0 Å². The van der Waals surface area contributed by atoms with Crippen LogP contribution < -0.4 is 5.32 Å². The summed E-state index contributed by atoms with van der Waals surface area (Å²) in [5.41, 5.74) is 3.62. The number of benzene rings is 1. The molecule has 3 aromatic rings. The van der Waals surface area contributed by atoms with E-state index in [2.05, 4.69) is 51.7 Å². The number of aromatic nitrogens is 2. The second-order valence-electron chi connectivity index (χ2n) is 4.81. The first-order chi connectivity index (χ1) is 9.88. The third kappa shape index (κ3) is 2.53. The maximum atomic E-state index is 4.42. The van der Waals surface area contributed by atoms with E-state index in [9.17, 15) is 0 Å². The van der Waals surface area contributed by atoms with Gasteiger partial charge >= 0.3 is 0 Å². The Bertz CT molecular complexity index is 689. The number of hydrogen-bond donors (Lipinski definition) is 1. The Morgan fingerprint density at radius 2 is 1.80 bits per heavy atom. The van der Waals surface area contributed by atoms with Gasteiger partial charge in [-0.05, 0) is 48.9 Å². The van der Waals surface area contributed by atoms with Gasteiger partial charge in [-0.15, -0.1) is 0 Å². The molecule has 1 unspecified atom stereocenters. The van der Waals surface area contributed by atoms with Crippen LogP contribution in [0.15, 0.2) is 61.1 Å². The van der Waals surface area contributed by atoms with Crippen molar-refractivity contribution in [3.8, 4) is 0 Å². The molecular weight excluding hydrogens is 246 g/mol. The van der Waals surface area contributed by atoms with Crippen molar-refractivity contribution in [1.82, 2.24) is 15.3 Å². The molecule has 20 heavy (non-hydrogen) atoms. The summed E-state index contributed by atoms with van der Waals surface area (Å²) in [5.74, 6) is 0. The summed E-state index contributed by atoms with van der Waals surface area (Å²) in [6, 6.07) is 14.8. The minimum Gasteiger partial charge on any atom is -0.313 e. The van der Waals surface area contributed by atoms with Gasteiger partial charge in [0.1, 0.15) is 0 Å². The van der Waals surface area contributed by atoms with Crippen LogP contribution in [-0.2, 0) is 6.42 Å². The Labute approximate surface area is 118 Å². The predicted octanol–water partition coefficient (Wildman–Crippen LogP) is 3.13. The largest absolute Gasteiger partial charge is 0.313 e. The molecule has 0 bridgehead atoms. The fraction of sp³-hybridized carbons (Fsp3) is 0.176. The van der Waals surface area contributed by atoms with Gasteiger partial charge in [0.2, 0.25) is 0 Å². The van der Waals surface area contributed by atoms with Gasteiger partial charge in [0.05, 0.1) is 5.52 Å². The van der Waals surface area contributed by atoms with Gasteiger partial charge in [-0.2, -0.15) is 0 Å². The summed E-state index contributed by atoms with van der Waals surface area (Å²) in [5, 5.41) is 4.61. The highest BCUT2D eigenvalue weighted by Gasteiger charge is 2.11. The quantitative estimate of drug-likeness (QED) is 0.786. The number of fused-ring (bicyclic) bond motifs is 1. The van der Waals surface area contributed by atoms with E-state index in [1.54, 1.807) is 0 Å². The lowest BCUT2D eigenvalue weighted by molar-refractivity contribution is 0.593. The second kappa shape index (κ2) is 5.80. The molecule has 100 valence electrons. The summed E-state index contributed by atoms with van der Waals surface area (Å²) in [7, 11) is 1.99. The van der Waals surface area contributed by atoms with Crippen LogP contribution in [0.3, 0.4) is 0 Å². The monoisotopic (exact) mass is 263 g/mol. The standard InChI is InChI=1S/C17H17N3/c1-18-17(13-6-9-19-10-7-13)12-14-8-11-20-16-5-3-2-4-15(14)16/h2-11,17-18H,12H2,1H3. The first-order valence-electron chi connectivity index (χ1n) is 6.78. The summed E-state index contributed by atoms with van der Waals surface area (Å²) in [6.07, 6.45) is 6.50. The van der Waals surface area contributed by atoms with Crippen LogP contribution in [-0.4, -0.2) is 17.0 Å². The molecule has 3 heteroatoms. The summed E-state index contributed by atoms with van der Waals surface area (Å²) >= 11 is 0. The lowest BCUT2D eigenvalue weighted by Gasteiger charge is -2.17. The third-order valence-electron chi connectivity index (χ3n) is 3.62. The van der Waals surface area contributed by atoms with E-state index in [1.165, 1.54) is 16.5 Å². The Balaban J connectivity index is 1.96. The maximum Gasteiger partial charge on any atom is 0.0704 e. The van der Waals surface area contributed by atoms with Crippen molar-refractivity contribution in [3.05, 3.63) is 72.2 Å². The van der Waals surface area contributed by atoms with Gasteiger partial charge in [0.15, 0.2) is 0 Å². The summed E-state index contributed by atoms with van der Waals surface area (Å²) in [6.45, 7) is 0. The number of nitrogens with one attached hydrogen (secondary N) is 1. The fourth-order valence-corrected chi connectivity index (χ4v) is 2.54. The Morgan fingerprint density at radius 1 is 1.00 bits per heavy atom. The lowest BCUT2D eigenvalue weighted by Crippen LogP contribution is -2.19. The van der Waals surface area contributed by atoms with E-state index in [4.69, 9.17) is 0 Å². The average molecular weight is 263 g/mol. The number of nitrogens with zero attached hydrogens (tertiary/aromatic N) is 2. The number of hydrogen-bond acceptors (Lipinski definition) is 3. The Hall–Kier alpha value is -2.26.